The van der Waals surface area contributed by atoms with E-state index >= 15 is 0 Å². The molecule has 3 fully saturated rings. The maximum absolute atomic E-state index is 12.9. The van der Waals surface area contributed by atoms with Crippen molar-refractivity contribution in [2.24, 2.45) is 35.3 Å². The highest BCUT2D eigenvalue weighted by Gasteiger charge is 2.71. The smallest absolute Gasteiger partial charge is 0.426 e. The third-order valence-corrected chi connectivity index (χ3v) is 7.06. The Kier molecular flexibility index (Phi) is 5.02. The standard InChI is InChI=1S/C18H25F6NO3/c1-3-10-12-5-11(12)9-4-13(10)15(25,7-9)14(26)28-8(2)6-16(27,17(19,20)21)18(22,23)24/h8-13,27H,3-7,25H2,1-2H3. The van der Waals surface area contributed by atoms with Gasteiger partial charge in [0, 0.05) is 6.42 Å². The molecule has 0 heterocycles. The molecule has 28 heavy (non-hydrogen) atoms. The molecule has 7 unspecified atom stereocenters. The number of fused-ring (bicyclic) bond motifs is 4. The van der Waals surface area contributed by atoms with Crippen molar-refractivity contribution >= 4 is 5.97 Å². The number of alkyl halides is 6. The fourth-order valence-corrected chi connectivity index (χ4v) is 5.62. The molecule has 162 valence electrons. The van der Waals surface area contributed by atoms with Gasteiger partial charge < -0.3 is 15.6 Å². The first-order valence-corrected chi connectivity index (χ1v) is 9.51. The lowest BCUT2D eigenvalue weighted by atomic mass is 9.73. The van der Waals surface area contributed by atoms with Gasteiger partial charge in [-0.3, -0.25) is 4.79 Å². The number of hydrogen-bond acceptors (Lipinski definition) is 4. The molecule has 0 aromatic rings. The normalized spacial score (nSPS) is 38.7. The molecule has 2 bridgehead atoms. The molecule has 3 aliphatic carbocycles. The molecular weight excluding hydrogens is 392 g/mol. The predicted molar refractivity (Wildman–Crippen MR) is 85.7 cm³/mol. The molecule has 0 radical (unpaired) electrons. The van der Waals surface area contributed by atoms with E-state index in [1.807, 2.05) is 6.92 Å². The van der Waals surface area contributed by atoms with E-state index in [4.69, 9.17) is 10.5 Å². The van der Waals surface area contributed by atoms with E-state index in [9.17, 15) is 36.2 Å². The molecule has 0 aromatic carbocycles. The molecule has 0 aliphatic heterocycles. The molecule has 0 spiro atoms. The summed E-state index contributed by atoms with van der Waals surface area (Å²) in [6, 6.07) is 0. The molecule has 0 amide bonds. The number of halogens is 6. The van der Waals surface area contributed by atoms with E-state index in [-0.39, 0.29) is 17.8 Å². The predicted octanol–water partition coefficient (Wildman–Crippen LogP) is 3.56. The van der Waals surface area contributed by atoms with Crippen molar-refractivity contribution in [2.75, 3.05) is 0 Å². The van der Waals surface area contributed by atoms with E-state index in [1.54, 1.807) is 0 Å². The molecule has 10 heteroatoms. The lowest BCUT2D eigenvalue weighted by Crippen LogP contribution is -2.59. The second-order valence-electron chi connectivity index (χ2n) is 8.76. The summed E-state index contributed by atoms with van der Waals surface area (Å²) in [6.07, 6.45) is -12.6. The Morgan fingerprint density at radius 1 is 1.18 bits per heavy atom. The van der Waals surface area contributed by atoms with E-state index in [0.717, 1.165) is 26.2 Å². The number of esters is 1. The van der Waals surface area contributed by atoms with Crippen LogP contribution in [0.1, 0.15) is 46.0 Å². The van der Waals surface area contributed by atoms with Gasteiger partial charge in [-0.05, 0) is 55.8 Å². The van der Waals surface area contributed by atoms with E-state index in [2.05, 4.69) is 0 Å². The van der Waals surface area contributed by atoms with Gasteiger partial charge in [0.15, 0.2) is 0 Å². The molecule has 0 aromatic heterocycles. The molecule has 4 nitrogen and oxygen atoms in total. The van der Waals surface area contributed by atoms with Crippen molar-refractivity contribution in [3.05, 3.63) is 0 Å². The molecule has 7 atom stereocenters. The molecule has 3 aliphatic rings. The van der Waals surface area contributed by atoms with Crippen LogP contribution in [0, 0.1) is 29.6 Å². The number of rotatable bonds is 5. The largest absolute Gasteiger partial charge is 0.461 e. The zero-order valence-corrected chi connectivity index (χ0v) is 15.6. The second kappa shape index (κ2) is 6.48. The zero-order valence-electron chi connectivity index (χ0n) is 15.6. The first-order valence-electron chi connectivity index (χ1n) is 9.51. The Hall–Kier alpha value is -1.03. The topological polar surface area (TPSA) is 72.6 Å². The van der Waals surface area contributed by atoms with Crippen LogP contribution in [0.5, 0.6) is 0 Å². The van der Waals surface area contributed by atoms with Crippen molar-refractivity contribution in [3.8, 4) is 0 Å². The number of ether oxygens (including phenoxy) is 1. The Labute approximate surface area is 158 Å². The summed E-state index contributed by atoms with van der Waals surface area (Å²) in [4.78, 5) is 12.7. The van der Waals surface area contributed by atoms with Gasteiger partial charge in [0.2, 0.25) is 0 Å². The van der Waals surface area contributed by atoms with E-state index in [0.29, 0.717) is 18.3 Å². The van der Waals surface area contributed by atoms with Crippen molar-refractivity contribution in [1.29, 1.82) is 0 Å². The lowest BCUT2D eigenvalue weighted by Gasteiger charge is -2.37. The first kappa shape index (κ1) is 21.7. The highest BCUT2D eigenvalue weighted by Crippen LogP contribution is 2.66. The lowest BCUT2D eigenvalue weighted by molar-refractivity contribution is -0.373. The second-order valence-corrected chi connectivity index (χ2v) is 8.76. The molecular formula is C18H25F6NO3. The van der Waals surface area contributed by atoms with Crippen LogP contribution in [0.3, 0.4) is 0 Å². The SMILES string of the molecule is CCC1C2CC2C2CC1C(N)(C(=O)OC(C)CC(O)(C(F)(F)F)C(F)(F)F)C2. The summed E-state index contributed by atoms with van der Waals surface area (Å²) < 4.78 is 82.1. The summed E-state index contributed by atoms with van der Waals surface area (Å²) in [7, 11) is 0. The monoisotopic (exact) mass is 417 g/mol. The average molecular weight is 417 g/mol. The third-order valence-electron chi connectivity index (χ3n) is 7.06. The summed E-state index contributed by atoms with van der Waals surface area (Å²) in [5, 5.41) is 9.30. The summed E-state index contributed by atoms with van der Waals surface area (Å²) in [6.45, 7) is 2.89. The van der Waals surface area contributed by atoms with Gasteiger partial charge in [-0.15, -0.1) is 0 Å². The van der Waals surface area contributed by atoms with Crippen LogP contribution in [0.15, 0.2) is 0 Å². The van der Waals surface area contributed by atoms with Gasteiger partial charge in [-0.2, -0.15) is 26.3 Å². The van der Waals surface area contributed by atoms with E-state index < -0.39 is 42.0 Å². The maximum atomic E-state index is 12.9. The zero-order chi connectivity index (χ0) is 21.3. The fourth-order valence-electron chi connectivity index (χ4n) is 5.62. The molecule has 3 saturated carbocycles. The van der Waals surface area contributed by atoms with Crippen LogP contribution < -0.4 is 5.73 Å². The number of aliphatic hydroxyl groups is 1. The fraction of sp³-hybridized carbons (Fsp3) is 0.944. The van der Waals surface area contributed by atoms with Gasteiger partial charge in [0.25, 0.3) is 5.60 Å². The molecule has 3 rings (SSSR count). The summed E-state index contributed by atoms with van der Waals surface area (Å²) >= 11 is 0. The quantitative estimate of drug-likeness (QED) is 0.530. The first-order chi connectivity index (χ1) is 12.7. The highest BCUT2D eigenvalue weighted by molar-refractivity contribution is 5.82. The van der Waals surface area contributed by atoms with Gasteiger partial charge in [0.05, 0.1) is 0 Å². The van der Waals surface area contributed by atoms with Gasteiger partial charge in [-0.1, -0.05) is 13.3 Å². The van der Waals surface area contributed by atoms with Crippen LogP contribution in [0.2, 0.25) is 0 Å². The number of nitrogens with two attached hydrogens (primary N) is 1. The third kappa shape index (κ3) is 3.20. The van der Waals surface area contributed by atoms with Crippen LogP contribution in [0.4, 0.5) is 26.3 Å². The summed E-state index contributed by atoms with van der Waals surface area (Å²) in [5.74, 6) is 0.281. The summed E-state index contributed by atoms with van der Waals surface area (Å²) in [5.41, 5.74) is -0.0202. The highest BCUT2D eigenvalue weighted by atomic mass is 19.4. The van der Waals surface area contributed by atoms with E-state index in [1.165, 1.54) is 0 Å². The Morgan fingerprint density at radius 2 is 1.75 bits per heavy atom. The minimum Gasteiger partial charge on any atom is -0.461 e. The number of carbonyl (C=O) groups excluding carboxylic acids is 1. The average Bonchev–Trinajstić information content (AvgIpc) is 3.26. The Morgan fingerprint density at radius 3 is 2.25 bits per heavy atom. The van der Waals surface area contributed by atoms with Crippen molar-refractivity contribution in [3.63, 3.8) is 0 Å². The van der Waals surface area contributed by atoms with Gasteiger partial charge in [0.1, 0.15) is 11.6 Å². The molecule has 0 saturated heterocycles. The van der Waals surface area contributed by atoms with Crippen LogP contribution in [-0.4, -0.2) is 40.7 Å². The van der Waals surface area contributed by atoms with Crippen LogP contribution in [-0.2, 0) is 9.53 Å². The van der Waals surface area contributed by atoms with Crippen LogP contribution >= 0.6 is 0 Å². The van der Waals surface area contributed by atoms with Gasteiger partial charge in [-0.25, -0.2) is 0 Å². The minimum absolute atomic E-state index is 0.185. The van der Waals surface area contributed by atoms with Crippen molar-refractivity contribution in [1.82, 2.24) is 0 Å². The molecule has 3 N–H and O–H groups in total. The van der Waals surface area contributed by atoms with Gasteiger partial charge >= 0.3 is 18.3 Å². The minimum atomic E-state index is -5.95. The Bertz CT molecular complexity index is 622. The maximum Gasteiger partial charge on any atom is 0.426 e. The Balaban J connectivity index is 1.72. The van der Waals surface area contributed by atoms with Crippen molar-refractivity contribution in [2.45, 2.75) is 75.5 Å². The van der Waals surface area contributed by atoms with Crippen molar-refractivity contribution < 1.29 is 41.0 Å². The number of carbonyl (C=O) groups is 1. The number of hydrogen-bond donors (Lipinski definition) is 2. The van der Waals surface area contributed by atoms with Crippen LogP contribution in [0.25, 0.3) is 0 Å².